The lowest BCUT2D eigenvalue weighted by Crippen LogP contribution is -2.27. The highest BCUT2D eigenvalue weighted by atomic mass is 32.2. The highest BCUT2D eigenvalue weighted by Gasteiger charge is 2.35. The zero-order valence-corrected chi connectivity index (χ0v) is 18.6. The number of aryl methyl sites for hydroxylation is 1. The third-order valence-electron chi connectivity index (χ3n) is 4.77. The van der Waals surface area contributed by atoms with Gasteiger partial charge in [-0.2, -0.15) is 0 Å². The number of benzene rings is 2. The number of nitrogens with zero attached hydrogens (tertiary/aromatic N) is 1. The van der Waals surface area contributed by atoms with E-state index in [1.54, 1.807) is 6.08 Å². The Morgan fingerprint density at radius 1 is 1.10 bits per heavy atom. The molecule has 0 aliphatic carbocycles. The minimum Gasteiger partial charge on any atom is -0.490 e. The maximum Gasteiger partial charge on any atom is 0.293 e. The molecule has 2 aromatic carbocycles. The van der Waals surface area contributed by atoms with Gasteiger partial charge in [-0.25, -0.2) is 0 Å². The molecule has 2 aromatic rings. The summed E-state index contributed by atoms with van der Waals surface area (Å²) >= 11 is 0.964. The molecule has 2 amide bonds. The van der Waals surface area contributed by atoms with E-state index in [4.69, 9.17) is 9.47 Å². The maximum atomic E-state index is 12.8. The van der Waals surface area contributed by atoms with E-state index in [2.05, 4.69) is 6.92 Å². The largest absolute Gasteiger partial charge is 0.490 e. The van der Waals surface area contributed by atoms with Crippen LogP contribution >= 0.6 is 11.8 Å². The van der Waals surface area contributed by atoms with Crippen LogP contribution < -0.4 is 9.47 Å². The molecule has 0 spiro atoms. The van der Waals surface area contributed by atoms with Crippen molar-refractivity contribution in [1.29, 1.82) is 0 Å². The minimum atomic E-state index is -0.274. The molecule has 1 heterocycles. The fourth-order valence-corrected chi connectivity index (χ4v) is 3.90. The van der Waals surface area contributed by atoms with E-state index >= 15 is 0 Å². The average Bonchev–Trinajstić information content (AvgIpc) is 2.97. The molecular formula is C24H27NO4S. The van der Waals surface area contributed by atoms with Gasteiger partial charge in [0.25, 0.3) is 11.1 Å². The van der Waals surface area contributed by atoms with Crippen molar-refractivity contribution in [2.24, 2.45) is 0 Å². The number of imide groups is 1. The van der Waals surface area contributed by atoms with E-state index < -0.39 is 0 Å². The quantitative estimate of drug-likeness (QED) is 0.500. The van der Waals surface area contributed by atoms with Gasteiger partial charge in [-0.3, -0.25) is 14.5 Å². The van der Waals surface area contributed by atoms with Gasteiger partial charge in [-0.05, 0) is 68.3 Å². The van der Waals surface area contributed by atoms with Gasteiger partial charge < -0.3 is 9.47 Å². The zero-order chi connectivity index (χ0) is 21.7. The Bertz CT molecular complexity index is 969. The fourth-order valence-electron chi connectivity index (χ4n) is 3.06. The van der Waals surface area contributed by atoms with E-state index in [9.17, 15) is 9.59 Å². The van der Waals surface area contributed by atoms with Gasteiger partial charge in [0.05, 0.1) is 24.2 Å². The molecule has 0 saturated carbocycles. The summed E-state index contributed by atoms with van der Waals surface area (Å²) in [5, 5.41) is -0.255. The summed E-state index contributed by atoms with van der Waals surface area (Å²) in [4.78, 5) is 27.0. The maximum absolute atomic E-state index is 12.8. The molecule has 0 bridgehead atoms. The standard InChI is InChI=1S/C24H27NO4S/c1-5-17(4)29-20-11-10-18(13-21(20)28-6-2)14-22-23(26)25(24(27)30-22)15-19-9-7-8-16(3)12-19/h7-14,17H,5-6,15H2,1-4H3/b22-14+/t17-/m0/s1. The molecule has 0 aromatic heterocycles. The van der Waals surface area contributed by atoms with Crippen molar-refractivity contribution >= 4 is 29.0 Å². The minimum absolute atomic E-state index is 0.0770. The highest BCUT2D eigenvalue weighted by Crippen LogP contribution is 2.35. The zero-order valence-electron chi connectivity index (χ0n) is 17.8. The summed E-state index contributed by atoms with van der Waals surface area (Å²) in [6.07, 6.45) is 2.70. The smallest absolute Gasteiger partial charge is 0.293 e. The fraction of sp³-hybridized carbons (Fsp3) is 0.333. The van der Waals surface area contributed by atoms with Gasteiger partial charge >= 0.3 is 0 Å². The molecule has 1 aliphatic rings. The summed E-state index contributed by atoms with van der Waals surface area (Å²) in [5.74, 6) is 1.03. The van der Waals surface area contributed by atoms with E-state index in [-0.39, 0.29) is 23.8 Å². The topological polar surface area (TPSA) is 55.8 Å². The van der Waals surface area contributed by atoms with Gasteiger partial charge in [0.15, 0.2) is 11.5 Å². The molecule has 1 fully saturated rings. The van der Waals surface area contributed by atoms with Gasteiger partial charge in [0.2, 0.25) is 0 Å². The Labute approximate surface area is 182 Å². The van der Waals surface area contributed by atoms with Gasteiger partial charge in [-0.1, -0.05) is 42.8 Å². The summed E-state index contributed by atoms with van der Waals surface area (Å²) in [7, 11) is 0. The van der Waals surface area contributed by atoms with Crippen LogP contribution in [-0.2, 0) is 11.3 Å². The number of carbonyl (C=O) groups excluding carboxylic acids is 2. The molecule has 6 heteroatoms. The lowest BCUT2D eigenvalue weighted by Gasteiger charge is -2.16. The second-order valence-electron chi connectivity index (χ2n) is 7.23. The van der Waals surface area contributed by atoms with Crippen molar-refractivity contribution in [3.63, 3.8) is 0 Å². The first-order chi connectivity index (χ1) is 14.4. The van der Waals surface area contributed by atoms with Crippen LogP contribution in [0.2, 0.25) is 0 Å². The number of hydrogen-bond acceptors (Lipinski definition) is 5. The van der Waals surface area contributed by atoms with Gasteiger partial charge in [-0.15, -0.1) is 0 Å². The normalized spacial score (nSPS) is 16.3. The predicted octanol–water partition coefficient (Wildman–Crippen LogP) is 5.81. The van der Waals surface area contributed by atoms with Crippen molar-refractivity contribution in [2.45, 2.75) is 46.8 Å². The lowest BCUT2D eigenvalue weighted by molar-refractivity contribution is -0.123. The number of amides is 2. The Kier molecular flexibility index (Phi) is 7.21. The van der Waals surface area contributed by atoms with E-state index in [1.165, 1.54) is 4.90 Å². The van der Waals surface area contributed by atoms with Crippen LogP contribution in [0.3, 0.4) is 0 Å². The molecule has 0 unspecified atom stereocenters. The first-order valence-corrected chi connectivity index (χ1v) is 11.0. The molecule has 5 nitrogen and oxygen atoms in total. The number of rotatable bonds is 8. The summed E-state index contributed by atoms with van der Waals surface area (Å²) in [5.41, 5.74) is 2.82. The molecule has 158 valence electrons. The Balaban J connectivity index is 1.81. The lowest BCUT2D eigenvalue weighted by atomic mass is 10.1. The monoisotopic (exact) mass is 425 g/mol. The Morgan fingerprint density at radius 3 is 2.60 bits per heavy atom. The van der Waals surface area contributed by atoms with Crippen molar-refractivity contribution < 1.29 is 19.1 Å². The molecule has 1 saturated heterocycles. The molecular weight excluding hydrogens is 398 g/mol. The van der Waals surface area contributed by atoms with Crippen molar-refractivity contribution in [3.8, 4) is 11.5 Å². The van der Waals surface area contributed by atoms with Crippen LogP contribution in [0.4, 0.5) is 4.79 Å². The van der Waals surface area contributed by atoms with Crippen LogP contribution in [-0.4, -0.2) is 28.8 Å². The Hall–Kier alpha value is -2.73. The Morgan fingerprint density at radius 2 is 1.90 bits per heavy atom. The predicted molar refractivity (Wildman–Crippen MR) is 121 cm³/mol. The number of thioether (sulfide) groups is 1. The molecule has 3 rings (SSSR count). The molecule has 1 aliphatic heterocycles. The van der Waals surface area contributed by atoms with Crippen LogP contribution in [0.5, 0.6) is 11.5 Å². The van der Waals surface area contributed by atoms with Crippen LogP contribution in [0, 0.1) is 6.92 Å². The van der Waals surface area contributed by atoms with Crippen molar-refractivity contribution in [3.05, 3.63) is 64.1 Å². The average molecular weight is 426 g/mol. The summed E-state index contributed by atoms with van der Waals surface area (Å²) in [6.45, 7) is 8.75. The SMILES string of the molecule is CCOc1cc(/C=C2/SC(=O)N(Cc3cccc(C)c3)C2=O)ccc1O[C@@H](C)CC. The molecule has 0 radical (unpaired) electrons. The summed E-state index contributed by atoms with van der Waals surface area (Å²) < 4.78 is 11.6. The van der Waals surface area contributed by atoms with Crippen molar-refractivity contribution in [2.75, 3.05) is 6.61 Å². The third kappa shape index (κ3) is 5.25. The second-order valence-corrected chi connectivity index (χ2v) is 8.23. The van der Waals surface area contributed by atoms with E-state index in [0.29, 0.717) is 23.0 Å². The second kappa shape index (κ2) is 9.85. The van der Waals surface area contributed by atoms with Gasteiger partial charge in [0.1, 0.15) is 0 Å². The first kappa shape index (κ1) is 22.0. The third-order valence-corrected chi connectivity index (χ3v) is 5.67. The number of ether oxygens (including phenoxy) is 2. The van der Waals surface area contributed by atoms with E-state index in [0.717, 1.165) is 34.9 Å². The molecule has 1 atom stereocenters. The summed E-state index contributed by atoms with van der Waals surface area (Å²) in [6, 6.07) is 13.4. The van der Waals surface area contributed by atoms with Crippen LogP contribution in [0.25, 0.3) is 6.08 Å². The highest BCUT2D eigenvalue weighted by molar-refractivity contribution is 8.18. The van der Waals surface area contributed by atoms with Crippen LogP contribution in [0.1, 0.15) is 43.9 Å². The van der Waals surface area contributed by atoms with Gasteiger partial charge in [0, 0.05) is 0 Å². The number of carbonyl (C=O) groups is 2. The van der Waals surface area contributed by atoms with Crippen molar-refractivity contribution in [1.82, 2.24) is 4.90 Å². The van der Waals surface area contributed by atoms with E-state index in [1.807, 2.05) is 63.2 Å². The van der Waals surface area contributed by atoms with Crippen LogP contribution in [0.15, 0.2) is 47.4 Å². The molecule has 0 N–H and O–H groups in total. The number of hydrogen-bond donors (Lipinski definition) is 0. The first-order valence-electron chi connectivity index (χ1n) is 10.2. The molecule has 30 heavy (non-hydrogen) atoms.